The highest BCUT2D eigenvalue weighted by atomic mass is 79.9. The summed E-state index contributed by atoms with van der Waals surface area (Å²) in [5, 5.41) is 8.93. The predicted octanol–water partition coefficient (Wildman–Crippen LogP) is 2.47. The molecule has 1 fully saturated rings. The Morgan fingerprint density at radius 3 is 2.79 bits per heavy atom. The number of ether oxygens (including phenoxy) is 1. The minimum Gasteiger partial charge on any atom is -0.497 e. The number of likely N-dealkylation sites (N-methyl/N-ethyl adjacent to an activating group) is 1. The van der Waals surface area contributed by atoms with Crippen LogP contribution in [0.1, 0.15) is 29.6 Å². The smallest absolute Gasteiger partial charge is 0.317 e. The third-order valence-corrected chi connectivity index (χ3v) is 5.09. The molecular weight excluding hydrogens is 376 g/mol. The Labute approximate surface area is 150 Å². The number of carbonyl (C=O) groups excluding carboxylic acids is 1. The predicted molar refractivity (Wildman–Crippen MR) is 94.5 cm³/mol. The quantitative estimate of drug-likeness (QED) is 0.824. The Balaban J connectivity index is 2.05. The van der Waals surface area contributed by atoms with Crippen molar-refractivity contribution >= 4 is 27.8 Å². The van der Waals surface area contributed by atoms with E-state index in [4.69, 9.17) is 9.84 Å². The molecule has 1 aliphatic heterocycles. The van der Waals surface area contributed by atoms with E-state index in [2.05, 4.69) is 15.9 Å². The number of carboxylic acids is 1. The minimum absolute atomic E-state index is 0.0256. The molecule has 0 radical (unpaired) electrons. The molecule has 1 N–H and O–H groups in total. The Bertz CT molecular complexity index is 608. The molecule has 6 nitrogen and oxygen atoms in total. The molecule has 0 saturated carbocycles. The van der Waals surface area contributed by atoms with Gasteiger partial charge in [0.1, 0.15) is 5.75 Å². The average Bonchev–Trinajstić information content (AvgIpc) is 2.80. The first-order valence-corrected chi connectivity index (χ1v) is 8.76. The summed E-state index contributed by atoms with van der Waals surface area (Å²) in [6.07, 6.45) is 2.53. The van der Waals surface area contributed by atoms with Gasteiger partial charge in [-0.15, -0.1) is 0 Å². The fourth-order valence-corrected chi connectivity index (χ4v) is 3.45. The first-order valence-electron chi connectivity index (χ1n) is 7.97. The van der Waals surface area contributed by atoms with E-state index in [-0.39, 0.29) is 18.5 Å². The van der Waals surface area contributed by atoms with E-state index in [0.717, 1.165) is 23.7 Å². The summed E-state index contributed by atoms with van der Waals surface area (Å²) in [6.45, 7) is 1.33. The molecule has 24 heavy (non-hydrogen) atoms. The monoisotopic (exact) mass is 398 g/mol. The zero-order valence-corrected chi connectivity index (χ0v) is 15.6. The topological polar surface area (TPSA) is 70.1 Å². The largest absolute Gasteiger partial charge is 0.497 e. The summed E-state index contributed by atoms with van der Waals surface area (Å²) in [5.74, 6) is -0.201. The minimum atomic E-state index is -0.824. The summed E-state index contributed by atoms with van der Waals surface area (Å²) < 4.78 is 5.95. The number of aliphatic carboxylic acids is 1. The van der Waals surface area contributed by atoms with Crippen LogP contribution in [0.25, 0.3) is 0 Å². The van der Waals surface area contributed by atoms with E-state index in [1.54, 1.807) is 19.2 Å². The van der Waals surface area contributed by atoms with Crippen molar-refractivity contribution in [1.29, 1.82) is 0 Å². The van der Waals surface area contributed by atoms with Gasteiger partial charge in [-0.25, -0.2) is 0 Å². The molecule has 0 bridgehead atoms. The molecule has 132 valence electrons. The maximum absolute atomic E-state index is 12.8. The molecule has 0 spiro atoms. The first kappa shape index (κ1) is 18.7. The van der Waals surface area contributed by atoms with E-state index in [1.165, 1.54) is 0 Å². The number of carbonyl (C=O) groups is 2. The van der Waals surface area contributed by atoms with Gasteiger partial charge in [0.25, 0.3) is 5.91 Å². The number of halogens is 1. The number of likely N-dealkylation sites (tertiary alicyclic amines) is 1. The van der Waals surface area contributed by atoms with Gasteiger partial charge in [0.2, 0.25) is 0 Å². The van der Waals surface area contributed by atoms with Crippen molar-refractivity contribution in [3.05, 3.63) is 28.2 Å². The van der Waals surface area contributed by atoms with Crippen molar-refractivity contribution in [2.45, 2.75) is 25.3 Å². The van der Waals surface area contributed by atoms with Crippen molar-refractivity contribution < 1.29 is 19.4 Å². The first-order chi connectivity index (χ1) is 11.4. The van der Waals surface area contributed by atoms with E-state index in [9.17, 15) is 9.59 Å². The summed E-state index contributed by atoms with van der Waals surface area (Å²) in [6, 6.07) is 5.55. The lowest BCUT2D eigenvalue weighted by Crippen LogP contribution is -2.37. The second-order valence-electron chi connectivity index (χ2n) is 6.03. The Morgan fingerprint density at radius 1 is 1.38 bits per heavy atom. The fraction of sp³-hybridized carbons (Fsp3) is 0.529. The molecule has 0 unspecified atom stereocenters. The van der Waals surface area contributed by atoms with Crippen LogP contribution in [0.2, 0.25) is 0 Å². The number of hydrogen-bond donors (Lipinski definition) is 1. The molecule has 0 aromatic heterocycles. The highest BCUT2D eigenvalue weighted by Crippen LogP contribution is 2.25. The fourth-order valence-electron chi connectivity index (χ4n) is 3.03. The van der Waals surface area contributed by atoms with E-state index in [1.807, 2.05) is 22.9 Å². The van der Waals surface area contributed by atoms with Crippen LogP contribution in [0.3, 0.4) is 0 Å². The van der Waals surface area contributed by atoms with Crippen molar-refractivity contribution in [3.63, 3.8) is 0 Å². The summed E-state index contributed by atoms with van der Waals surface area (Å²) >= 11 is 3.43. The molecule has 1 atom stereocenters. The van der Waals surface area contributed by atoms with Gasteiger partial charge in [-0.05, 0) is 60.4 Å². The second-order valence-corrected chi connectivity index (χ2v) is 6.89. The molecule has 2 rings (SSSR count). The number of amides is 1. The SMILES string of the molecule is COc1ccc(Br)c(C(=O)N2CCC[C@@H](N(C)CC(=O)O)CC2)c1. The number of methoxy groups -OCH3 is 1. The van der Waals surface area contributed by atoms with Gasteiger partial charge in [0, 0.05) is 23.6 Å². The highest BCUT2D eigenvalue weighted by Gasteiger charge is 2.25. The summed E-state index contributed by atoms with van der Waals surface area (Å²) in [4.78, 5) is 27.4. The average molecular weight is 399 g/mol. The van der Waals surface area contributed by atoms with Gasteiger partial charge >= 0.3 is 5.97 Å². The maximum atomic E-state index is 12.8. The lowest BCUT2D eigenvalue weighted by atomic mass is 10.1. The third kappa shape index (κ3) is 4.70. The molecule has 7 heteroatoms. The van der Waals surface area contributed by atoms with Crippen LogP contribution in [0.5, 0.6) is 5.75 Å². The molecule has 1 aliphatic rings. The van der Waals surface area contributed by atoms with Crippen LogP contribution in [0.15, 0.2) is 22.7 Å². The lowest BCUT2D eigenvalue weighted by molar-refractivity contribution is -0.138. The van der Waals surface area contributed by atoms with Crippen molar-refractivity contribution in [3.8, 4) is 5.75 Å². The van der Waals surface area contributed by atoms with Crippen LogP contribution in [0.4, 0.5) is 0 Å². The normalized spacial score (nSPS) is 18.3. The zero-order valence-electron chi connectivity index (χ0n) is 14.0. The van der Waals surface area contributed by atoms with Gasteiger partial charge in [-0.3, -0.25) is 14.5 Å². The number of carboxylic acid groups (broad SMARTS) is 1. The van der Waals surface area contributed by atoms with E-state index in [0.29, 0.717) is 24.4 Å². The third-order valence-electron chi connectivity index (χ3n) is 4.40. The highest BCUT2D eigenvalue weighted by molar-refractivity contribution is 9.10. The number of benzene rings is 1. The van der Waals surface area contributed by atoms with Crippen molar-refractivity contribution in [2.75, 3.05) is 33.8 Å². The van der Waals surface area contributed by atoms with Crippen molar-refractivity contribution in [2.24, 2.45) is 0 Å². The number of nitrogens with zero attached hydrogens (tertiary/aromatic N) is 2. The molecular formula is C17H23BrN2O4. The van der Waals surface area contributed by atoms with Crippen LogP contribution >= 0.6 is 15.9 Å². The molecule has 1 saturated heterocycles. The molecule has 1 aromatic rings. The number of rotatable bonds is 5. The molecule has 0 aliphatic carbocycles. The van der Waals surface area contributed by atoms with Gasteiger partial charge in [-0.1, -0.05) is 0 Å². The summed E-state index contributed by atoms with van der Waals surface area (Å²) in [7, 11) is 3.40. The van der Waals surface area contributed by atoms with Gasteiger partial charge in [0.05, 0.1) is 19.2 Å². The van der Waals surface area contributed by atoms with Gasteiger partial charge < -0.3 is 14.7 Å². The van der Waals surface area contributed by atoms with Crippen LogP contribution in [-0.4, -0.2) is 66.6 Å². The van der Waals surface area contributed by atoms with Crippen LogP contribution in [-0.2, 0) is 4.79 Å². The Morgan fingerprint density at radius 2 is 2.12 bits per heavy atom. The van der Waals surface area contributed by atoms with E-state index < -0.39 is 5.97 Å². The second kappa shape index (κ2) is 8.48. The molecule has 1 amide bonds. The zero-order chi connectivity index (χ0) is 17.7. The van der Waals surface area contributed by atoms with Gasteiger partial charge in [0.15, 0.2) is 0 Å². The molecule has 1 heterocycles. The standard InChI is InChI=1S/C17H23BrN2O4/c1-19(11-16(21)22)12-4-3-8-20(9-7-12)17(23)14-10-13(24-2)5-6-15(14)18/h5-6,10,12H,3-4,7-9,11H2,1-2H3,(H,21,22)/t12-/m1/s1. The van der Waals surface area contributed by atoms with Crippen LogP contribution < -0.4 is 4.74 Å². The lowest BCUT2D eigenvalue weighted by Gasteiger charge is -2.25. The van der Waals surface area contributed by atoms with Gasteiger partial charge in [-0.2, -0.15) is 0 Å². The Hall–Kier alpha value is -1.60. The van der Waals surface area contributed by atoms with E-state index >= 15 is 0 Å². The van der Waals surface area contributed by atoms with Crippen LogP contribution in [0, 0.1) is 0 Å². The summed E-state index contributed by atoms with van der Waals surface area (Å²) in [5.41, 5.74) is 0.590. The number of hydrogen-bond acceptors (Lipinski definition) is 4. The maximum Gasteiger partial charge on any atom is 0.317 e. The Kier molecular flexibility index (Phi) is 6.62. The van der Waals surface area contributed by atoms with Crippen molar-refractivity contribution in [1.82, 2.24) is 9.80 Å². The molecule has 1 aromatic carbocycles.